The third-order valence-corrected chi connectivity index (χ3v) is 7.29. The van der Waals surface area contributed by atoms with Gasteiger partial charge in [0.25, 0.3) is 0 Å². The molecule has 1 aliphatic rings. The fourth-order valence-corrected chi connectivity index (χ4v) is 5.55. The summed E-state index contributed by atoms with van der Waals surface area (Å²) in [6.45, 7) is 11.2. The molecule has 27 heavy (non-hydrogen) atoms. The van der Waals surface area contributed by atoms with E-state index in [1.165, 1.54) is 48.1 Å². The highest BCUT2D eigenvalue weighted by molar-refractivity contribution is 7.19. The lowest BCUT2D eigenvalue weighted by atomic mass is 9.88. The van der Waals surface area contributed by atoms with Crippen LogP contribution in [0.4, 0.5) is 0 Å². The van der Waals surface area contributed by atoms with E-state index in [0.717, 1.165) is 11.5 Å². The molecule has 0 N–H and O–H groups in total. The molecule has 0 spiro atoms. The Morgan fingerprint density at radius 1 is 0.926 bits per heavy atom. The zero-order chi connectivity index (χ0) is 19.1. The lowest BCUT2D eigenvalue weighted by Gasteiger charge is -2.25. The number of ether oxygens (including phenoxy) is 1. The first-order chi connectivity index (χ1) is 12.8. The van der Waals surface area contributed by atoms with E-state index in [2.05, 4.69) is 82.8 Å². The summed E-state index contributed by atoms with van der Waals surface area (Å²) in [4.78, 5) is 1.32. The number of aryl methyl sites for hydroxylation is 3. The minimum absolute atomic E-state index is 0.0478. The Hall–Kier alpha value is -2.39. The second-order valence-electron chi connectivity index (χ2n) is 8.63. The summed E-state index contributed by atoms with van der Waals surface area (Å²) in [6, 6.07) is 10.9. The van der Waals surface area contributed by atoms with E-state index in [1.807, 2.05) is 11.3 Å². The van der Waals surface area contributed by atoms with Crippen molar-refractivity contribution in [2.45, 2.75) is 40.0 Å². The van der Waals surface area contributed by atoms with E-state index < -0.39 is 0 Å². The van der Waals surface area contributed by atoms with Crippen LogP contribution in [0, 0.1) is 13.8 Å². The van der Waals surface area contributed by atoms with E-state index >= 15 is 0 Å². The molecule has 136 valence electrons. The minimum Gasteiger partial charge on any atom is -0.454 e. The largest absolute Gasteiger partial charge is 0.454 e. The van der Waals surface area contributed by atoms with Crippen LogP contribution in [0.1, 0.15) is 36.8 Å². The topological polar surface area (TPSA) is 13.1 Å². The van der Waals surface area contributed by atoms with Gasteiger partial charge in [0.1, 0.15) is 18.2 Å². The van der Waals surface area contributed by atoms with Crippen molar-refractivity contribution in [3.8, 4) is 22.8 Å². The van der Waals surface area contributed by atoms with Gasteiger partial charge in [-0.25, -0.2) is 4.57 Å². The van der Waals surface area contributed by atoms with Crippen LogP contribution in [0.5, 0.6) is 11.5 Å². The quantitative estimate of drug-likeness (QED) is 0.280. The lowest BCUT2D eigenvalue weighted by molar-refractivity contribution is -0.659. The highest BCUT2D eigenvalue weighted by atomic mass is 32.1. The van der Waals surface area contributed by atoms with Gasteiger partial charge in [-0.1, -0.05) is 45.0 Å². The number of rotatable bonds is 0. The second kappa shape index (κ2) is 5.32. The molecule has 3 heteroatoms. The molecule has 0 unspecified atom stereocenters. The number of benzene rings is 2. The zero-order valence-corrected chi connectivity index (χ0v) is 17.5. The van der Waals surface area contributed by atoms with Crippen LogP contribution in [0.3, 0.4) is 0 Å². The molecule has 0 saturated heterocycles. The summed E-state index contributed by atoms with van der Waals surface area (Å²) in [5, 5.41) is 3.85. The molecular weight excluding hydrogens is 350 g/mol. The Morgan fingerprint density at radius 2 is 1.59 bits per heavy atom. The molecular formula is C24H24NOS+. The predicted octanol–water partition coefficient (Wildman–Crippen LogP) is 6.57. The second-order valence-corrected chi connectivity index (χ2v) is 9.68. The van der Waals surface area contributed by atoms with Gasteiger partial charge in [-0.2, -0.15) is 0 Å². The van der Waals surface area contributed by atoms with Gasteiger partial charge in [-0.15, -0.1) is 11.3 Å². The summed E-state index contributed by atoms with van der Waals surface area (Å²) in [7, 11) is 2.14. The van der Waals surface area contributed by atoms with Crippen molar-refractivity contribution in [3.63, 3.8) is 0 Å². The van der Waals surface area contributed by atoms with E-state index in [1.54, 1.807) is 0 Å². The van der Waals surface area contributed by atoms with Crippen LogP contribution in [-0.4, -0.2) is 0 Å². The van der Waals surface area contributed by atoms with Crippen LogP contribution < -0.4 is 9.30 Å². The average molecular weight is 375 g/mol. The molecule has 0 amide bonds. The van der Waals surface area contributed by atoms with E-state index in [9.17, 15) is 0 Å². The number of nitrogens with zero attached hydrogens (tertiary/aromatic N) is 1. The van der Waals surface area contributed by atoms with Gasteiger partial charge in [0, 0.05) is 17.0 Å². The Morgan fingerprint density at radius 3 is 2.26 bits per heavy atom. The van der Waals surface area contributed by atoms with E-state index in [0.29, 0.717) is 0 Å². The first kappa shape index (κ1) is 16.8. The summed E-state index contributed by atoms with van der Waals surface area (Å²) in [5.41, 5.74) is 5.09. The van der Waals surface area contributed by atoms with Crippen molar-refractivity contribution >= 4 is 32.2 Å². The molecule has 5 rings (SSSR count). The number of fused-ring (bicyclic) bond motifs is 3. The third kappa shape index (κ3) is 2.15. The van der Waals surface area contributed by atoms with Gasteiger partial charge in [0.2, 0.25) is 5.69 Å². The minimum atomic E-state index is 0.0478. The maximum atomic E-state index is 6.72. The predicted molar refractivity (Wildman–Crippen MR) is 114 cm³/mol. The molecule has 4 aromatic rings. The molecule has 0 atom stereocenters. The maximum Gasteiger partial charge on any atom is 0.228 e. The number of hydrogen-bond acceptors (Lipinski definition) is 2. The molecule has 0 aliphatic carbocycles. The highest BCUT2D eigenvalue weighted by Crippen LogP contribution is 2.55. The van der Waals surface area contributed by atoms with Crippen LogP contribution in [-0.2, 0) is 12.5 Å². The first-order valence-electron chi connectivity index (χ1n) is 9.44. The van der Waals surface area contributed by atoms with E-state index in [-0.39, 0.29) is 5.41 Å². The molecule has 2 aromatic heterocycles. The summed E-state index contributed by atoms with van der Waals surface area (Å²) >= 11 is 1.87. The number of pyridine rings is 1. The van der Waals surface area contributed by atoms with Crippen molar-refractivity contribution in [1.29, 1.82) is 0 Å². The third-order valence-electron chi connectivity index (χ3n) is 5.73. The van der Waals surface area contributed by atoms with Gasteiger partial charge in [0.15, 0.2) is 11.9 Å². The number of hydrogen-bond donors (Lipinski definition) is 0. The number of thiophene rings is 1. The summed E-state index contributed by atoms with van der Waals surface area (Å²) < 4.78 is 10.3. The normalized spacial score (nSPS) is 13.1. The lowest BCUT2D eigenvalue weighted by Crippen LogP contribution is -2.31. The Kier molecular flexibility index (Phi) is 3.31. The van der Waals surface area contributed by atoms with Gasteiger partial charge >= 0.3 is 0 Å². The standard InChI is InChI=1S/C24H24NOS/c1-13-15-9-7-8-10-16(15)14(2)21-18(13)20-19-17(11-12-25(20)6)27-23(22(19)26-21)24(3,4)5/h7-12H,1-6H3/q+1. The summed E-state index contributed by atoms with van der Waals surface area (Å²) in [6.07, 6.45) is 2.18. The van der Waals surface area contributed by atoms with Crippen molar-refractivity contribution in [1.82, 2.24) is 0 Å². The Balaban J connectivity index is 2.01. The van der Waals surface area contributed by atoms with Crippen molar-refractivity contribution < 1.29 is 9.30 Å². The molecule has 2 aromatic carbocycles. The summed E-state index contributed by atoms with van der Waals surface area (Å²) in [5.74, 6) is 2.07. The van der Waals surface area contributed by atoms with Gasteiger partial charge < -0.3 is 4.74 Å². The molecule has 2 nitrogen and oxygen atoms in total. The van der Waals surface area contributed by atoms with Crippen molar-refractivity contribution in [3.05, 3.63) is 52.5 Å². The first-order valence-corrected chi connectivity index (χ1v) is 10.3. The molecule has 1 aliphatic heterocycles. The SMILES string of the molecule is Cc1c2c(c(C)c3ccccc13)-c1c3c(c(C(C)(C)C)sc3cc[n+]1C)O2. The fraction of sp³-hybridized carbons (Fsp3) is 0.292. The van der Waals surface area contributed by atoms with Crippen LogP contribution in [0.25, 0.3) is 32.1 Å². The molecule has 0 radical (unpaired) electrons. The van der Waals surface area contributed by atoms with Crippen LogP contribution in [0.2, 0.25) is 0 Å². The molecule has 0 fully saturated rings. The molecule has 0 saturated carbocycles. The average Bonchev–Trinajstić information content (AvgIpc) is 3.02. The van der Waals surface area contributed by atoms with Crippen LogP contribution in [0.15, 0.2) is 36.5 Å². The smallest absolute Gasteiger partial charge is 0.228 e. The Labute approximate surface area is 164 Å². The van der Waals surface area contributed by atoms with Crippen molar-refractivity contribution in [2.75, 3.05) is 0 Å². The monoisotopic (exact) mass is 374 g/mol. The maximum absolute atomic E-state index is 6.72. The van der Waals surface area contributed by atoms with E-state index in [4.69, 9.17) is 4.74 Å². The van der Waals surface area contributed by atoms with Crippen LogP contribution >= 0.6 is 11.3 Å². The number of aromatic nitrogens is 1. The Bertz CT molecular complexity index is 1260. The van der Waals surface area contributed by atoms with Gasteiger partial charge in [-0.05, 0) is 30.2 Å². The molecule has 3 heterocycles. The van der Waals surface area contributed by atoms with Gasteiger partial charge in [0.05, 0.1) is 15.1 Å². The fourth-order valence-electron chi connectivity index (χ4n) is 4.36. The highest BCUT2D eigenvalue weighted by Gasteiger charge is 2.36. The molecule has 0 bridgehead atoms. The zero-order valence-electron chi connectivity index (χ0n) is 16.7. The van der Waals surface area contributed by atoms with Gasteiger partial charge in [-0.3, -0.25) is 0 Å². The van der Waals surface area contributed by atoms with Crippen molar-refractivity contribution in [2.24, 2.45) is 7.05 Å².